The fourth-order valence-corrected chi connectivity index (χ4v) is 2.98. The largest absolute Gasteiger partial charge is 0.361 e. The molecular formula is C19H20N2. The van der Waals surface area contributed by atoms with Crippen LogP contribution in [0.2, 0.25) is 0 Å². The number of nitrogens with one attached hydrogen (secondary N) is 2. The summed E-state index contributed by atoms with van der Waals surface area (Å²) in [6, 6.07) is 18.0. The van der Waals surface area contributed by atoms with E-state index in [0.29, 0.717) is 0 Å². The molecule has 21 heavy (non-hydrogen) atoms. The van der Waals surface area contributed by atoms with Crippen LogP contribution in [0.4, 0.5) is 0 Å². The summed E-state index contributed by atoms with van der Waals surface area (Å²) in [5, 5.41) is 5.02. The number of H-pyrrole nitrogens is 1. The standard InChI is InChI=1S/C19H20N2/c1-2-5-14(6-3-1)11-15-7-4-8-18-19(15)16(13-21-18)12-20-17-9-10-17/h1-8,13,17,20-21H,9-12H2. The molecule has 2 heteroatoms. The zero-order chi connectivity index (χ0) is 14.1. The molecule has 0 spiro atoms. The van der Waals surface area contributed by atoms with Crippen LogP contribution in [0.5, 0.6) is 0 Å². The minimum atomic E-state index is 0.747. The molecule has 0 saturated heterocycles. The molecule has 3 aromatic rings. The summed E-state index contributed by atoms with van der Waals surface area (Å²) in [4.78, 5) is 3.42. The van der Waals surface area contributed by atoms with Crippen molar-refractivity contribution in [3.8, 4) is 0 Å². The Kier molecular flexibility index (Phi) is 3.24. The molecule has 0 unspecified atom stereocenters. The van der Waals surface area contributed by atoms with Crippen LogP contribution >= 0.6 is 0 Å². The molecule has 2 nitrogen and oxygen atoms in total. The van der Waals surface area contributed by atoms with Crippen LogP contribution in [0.3, 0.4) is 0 Å². The van der Waals surface area contributed by atoms with Gasteiger partial charge in [-0.3, -0.25) is 0 Å². The molecule has 4 rings (SSSR count). The monoisotopic (exact) mass is 276 g/mol. The highest BCUT2D eigenvalue weighted by Crippen LogP contribution is 2.26. The van der Waals surface area contributed by atoms with E-state index < -0.39 is 0 Å². The maximum absolute atomic E-state index is 3.62. The molecule has 0 aliphatic heterocycles. The third-order valence-electron chi connectivity index (χ3n) is 4.27. The van der Waals surface area contributed by atoms with E-state index in [-0.39, 0.29) is 0 Å². The zero-order valence-corrected chi connectivity index (χ0v) is 12.1. The lowest BCUT2D eigenvalue weighted by Gasteiger charge is -2.07. The van der Waals surface area contributed by atoms with E-state index in [1.165, 1.54) is 40.4 Å². The average Bonchev–Trinajstić information content (AvgIpc) is 3.26. The van der Waals surface area contributed by atoms with Crippen molar-refractivity contribution < 1.29 is 0 Å². The Balaban J connectivity index is 1.68. The van der Waals surface area contributed by atoms with Gasteiger partial charge in [0.2, 0.25) is 0 Å². The molecule has 1 aliphatic carbocycles. The predicted octanol–water partition coefficient (Wildman–Crippen LogP) is 4.01. The van der Waals surface area contributed by atoms with E-state index in [9.17, 15) is 0 Å². The Labute approximate surface area is 125 Å². The normalized spacial score (nSPS) is 14.7. The van der Waals surface area contributed by atoms with Gasteiger partial charge in [-0.1, -0.05) is 42.5 Å². The van der Waals surface area contributed by atoms with Gasteiger partial charge >= 0.3 is 0 Å². The van der Waals surface area contributed by atoms with Gasteiger partial charge in [-0.2, -0.15) is 0 Å². The number of aromatic nitrogens is 1. The van der Waals surface area contributed by atoms with Crippen molar-refractivity contribution in [1.82, 2.24) is 10.3 Å². The van der Waals surface area contributed by atoms with Gasteiger partial charge in [-0.15, -0.1) is 0 Å². The molecule has 1 fully saturated rings. The third-order valence-corrected chi connectivity index (χ3v) is 4.27. The molecular weight excluding hydrogens is 256 g/mol. The summed E-state index contributed by atoms with van der Waals surface area (Å²) in [6.45, 7) is 0.969. The van der Waals surface area contributed by atoms with E-state index in [2.05, 4.69) is 65.0 Å². The Hall–Kier alpha value is -2.06. The van der Waals surface area contributed by atoms with Crippen molar-refractivity contribution in [2.45, 2.75) is 31.8 Å². The van der Waals surface area contributed by atoms with E-state index in [0.717, 1.165) is 19.0 Å². The summed E-state index contributed by atoms with van der Waals surface area (Å²) in [7, 11) is 0. The van der Waals surface area contributed by atoms with Crippen molar-refractivity contribution in [2.24, 2.45) is 0 Å². The topological polar surface area (TPSA) is 27.8 Å². The number of aromatic amines is 1. The first-order valence-electron chi connectivity index (χ1n) is 7.75. The van der Waals surface area contributed by atoms with Gasteiger partial charge in [0.15, 0.2) is 0 Å². The number of hydrogen-bond acceptors (Lipinski definition) is 1. The van der Waals surface area contributed by atoms with E-state index >= 15 is 0 Å². The number of fused-ring (bicyclic) bond motifs is 1. The summed E-state index contributed by atoms with van der Waals surface area (Å²) in [5.74, 6) is 0. The van der Waals surface area contributed by atoms with Crippen LogP contribution < -0.4 is 5.32 Å². The molecule has 1 saturated carbocycles. The third kappa shape index (κ3) is 2.72. The van der Waals surface area contributed by atoms with Crippen molar-refractivity contribution in [3.05, 3.63) is 71.4 Å². The first kappa shape index (κ1) is 12.7. The molecule has 2 aromatic carbocycles. The molecule has 1 heterocycles. The smallest absolute Gasteiger partial charge is 0.0460 e. The highest BCUT2D eigenvalue weighted by atomic mass is 14.9. The fraction of sp³-hybridized carbons (Fsp3) is 0.263. The Bertz CT molecular complexity index is 739. The Morgan fingerprint density at radius 3 is 2.62 bits per heavy atom. The second-order valence-corrected chi connectivity index (χ2v) is 5.97. The molecule has 2 N–H and O–H groups in total. The molecule has 0 amide bonds. The van der Waals surface area contributed by atoms with Gasteiger partial charge in [-0.25, -0.2) is 0 Å². The molecule has 0 radical (unpaired) electrons. The van der Waals surface area contributed by atoms with E-state index in [4.69, 9.17) is 0 Å². The lowest BCUT2D eigenvalue weighted by molar-refractivity contribution is 0.690. The van der Waals surface area contributed by atoms with Crippen LogP contribution in [-0.4, -0.2) is 11.0 Å². The molecule has 1 aliphatic rings. The van der Waals surface area contributed by atoms with Crippen molar-refractivity contribution in [2.75, 3.05) is 0 Å². The van der Waals surface area contributed by atoms with Crippen molar-refractivity contribution in [1.29, 1.82) is 0 Å². The first-order valence-corrected chi connectivity index (χ1v) is 7.75. The van der Waals surface area contributed by atoms with Crippen molar-refractivity contribution in [3.63, 3.8) is 0 Å². The lowest BCUT2D eigenvalue weighted by atomic mass is 9.99. The minimum absolute atomic E-state index is 0.747. The Morgan fingerprint density at radius 1 is 0.952 bits per heavy atom. The molecule has 106 valence electrons. The molecule has 0 atom stereocenters. The van der Waals surface area contributed by atoms with Gasteiger partial charge < -0.3 is 10.3 Å². The average molecular weight is 276 g/mol. The first-order chi connectivity index (χ1) is 10.4. The molecule has 1 aromatic heterocycles. The van der Waals surface area contributed by atoms with Crippen LogP contribution in [-0.2, 0) is 13.0 Å². The van der Waals surface area contributed by atoms with Gasteiger partial charge in [0.25, 0.3) is 0 Å². The maximum Gasteiger partial charge on any atom is 0.0460 e. The van der Waals surface area contributed by atoms with Crippen LogP contribution in [0, 0.1) is 0 Å². The Morgan fingerprint density at radius 2 is 1.81 bits per heavy atom. The van der Waals surface area contributed by atoms with Gasteiger partial charge in [-0.05, 0) is 42.0 Å². The van der Waals surface area contributed by atoms with E-state index in [1.807, 2.05) is 0 Å². The van der Waals surface area contributed by atoms with Gasteiger partial charge in [0.1, 0.15) is 0 Å². The van der Waals surface area contributed by atoms with Crippen LogP contribution in [0.1, 0.15) is 29.5 Å². The summed E-state index contributed by atoms with van der Waals surface area (Å²) < 4.78 is 0. The highest BCUT2D eigenvalue weighted by molar-refractivity contribution is 5.87. The van der Waals surface area contributed by atoms with Crippen molar-refractivity contribution >= 4 is 10.9 Å². The summed E-state index contributed by atoms with van der Waals surface area (Å²) in [5.41, 5.74) is 5.42. The fourth-order valence-electron chi connectivity index (χ4n) is 2.98. The maximum atomic E-state index is 3.62. The van der Waals surface area contributed by atoms with Gasteiger partial charge in [0, 0.05) is 29.7 Å². The number of rotatable bonds is 5. The van der Waals surface area contributed by atoms with E-state index in [1.54, 1.807) is 0 Å². The SMILES string of the molecule is c1ccc(Cc2cccc3[nH]cc(CNC4CC4)c23)cc1. The summed E-state index contributed by atoms with van der Waals surface area (Å²) in [6.07, 6.45) is 5.82. The number of hydrogen-bond donors (Lipinski definition) is 2. The second-order valence-electron chi connectivity index (χ2n) is 5.97. The minimum Gasteiger partial charge on any atom is -0.361 e. The predicted molar refractivity (Wildman–Crippen MR) is 87.4 cm³/mol. The molecule has 0 bridgehead atoms. The zero-order valence-electron chi connectivity index (χ0n) is 12.1. The summed E-state index contributed by atoms with van der Waals surface area (Å²) >= 11 is 0. The van der Waals surface area contributed by atoms with Crippen LogP contribution in [0.25, 0.3) is 10.9 Å². The highest BCUT2D eigenvalue weighted by Gasteiger charge is 2.20. The quantitative estimate of drug-likeness (QED) is 0.724. The lowest BCUT2D eigenvalue weighted by Crippen LogP contribution is -2.15. The second kappa shape index (κ2) is 5.38. The van der Waals surface area contributed by atoms with Gasteiger partial charge in [0.05, 0.1) is 0 Å². The van der Waals surface area contributed by atoms with Crippen LogP contribution in [0.15, 0.2) is 54.7 Å². The number of benzene rings is 2.